The highest BCUT2D eigenvalue weighted by Gasteiger charge is 2.27. The van der Waals surface area contributed by atoms with Gasteiger partial charge in [0.05, 0.1) is 6.10 Å². The summed E-state index contributed by atoms with van der Waals surface area (Å²) in [7, 11) is 0. The van der Waals surface area contributed by atoms with Crippen molar-refractivity contribution in [3.8, 4) is 5.75 Å². The van der Waals surface area contributed by atoms with Gasteiger partial charge in [0, 0.05) is 42.9 Å². The van der Waals surface area contributed by atoms with Crippen LogP contribution in [0, 0.1) is 5.92 Å². The molecular weight excluding hydrogens is 350 g/mol. The maximum Gasteiger partial charge on any atom is 0.167 e. The molecule has 5 heteroatoms. The number of unbranched alkanes of at least 4 members (excludes halogenated alkanes) is 1. The van der Waals surface area contributed by atoms with Crippen molar-refractivity contribution in [2.75, 3.05) is 13.1 Å². The van der Waals surface area contributed by atoms with Gasteiger partial charge >= 0.3 is 0 Å². The molecule has 0 unspecified atom stereocenters. The number of H-pyrrole nitrogens is 1. The Bertz CT molecular complexity index is 769. The molecule has 0 saturated carbocycles. The van der Waals surface area contributed by atoms with Crippen LogP contribution in [0.25, 0.3) is 0 Å². The fraction of sp³-hybridized carbons (Fsp3) is 0.565. The highest BCUT2D eigenvalue weighted by atomic mass is 16.5. The van der Waals surface area contributed by atoms with Gasteiger partial charge in [0.1, 0.15) is 11.6 Å². The number of carbonyl (C=O) groups excluding carboxylic acids is 1. The lowest BCUT2D eigenvalue weighted by molar-refractivity contribution is 0.0809. The summed E-state index contributed by atoms with van der Waals surface area (Å²) in [5.41, 5.74) is 1.90. The molecule has 1 saturated heterocycles. The number of hydrogen-bond acceptors (Lipinski definition) is 4. The molecule has 1 fully saturated rings. The van der Waals surface area contributed by atoms with Crippen LogP contribution in [0.4, 0.5) is 0 Å². The van der Waals surface area contributed by atoms with E-state index in [1.165, 1.54) is 6.42 Å². The van der Waals surface area contributed by atoms with Crippen molar-refractivity contribution in [3.63, 3.8) is 0 Å². The van der Waals surface area contributed by atoms with E-state index in [0.29, 0.717) is 0 Å². The topological polar surface area (TPSA) is 58.2 Å². The standard InChI is InChI=1S/C23H33N3O2/c1-4-5-11-22-24-14-20(25-22)16-26-12-7-9-19(15-26)23(27)18-8-6-10-21(13-18)28-17(2)3/h6,8,10,13-14,17,19H,4-5,7,9,11-12,15-16H2,1-3H3,(H,24,25)/t19-/m1/s1. The molecule has 2 heterocycles. The summed E-state index contributed by atoms with van der Waals surface area (Å²) < 4.78 is 5.75. The number of benzene rings is 1. The van der Waals surface area contributed by atoms with E-state index in [1.54, 1.807) is 0 Å². The van der Waals surface area contributed by atoms with Crippen LogP contribution in [0.1, 0.15) is 68.3 Å². The van der Waals surface area contributed by atoms with Gasteiger partial charge in [-0.3, -0.25) is 9.69 Å². The van der Waals surface area contributed by atoms with Crippen LogP contribution in [-0.2, 0) is 13.0 Å². The van der Waals surface area contributed by atoms with Crippen LogP contribution >= 0.6 is 0 Å². The van der Waals surface area contributed by atoms with Gasteiger partial charge in [0.25, 0.3) is 0 Å². The third kappa shape index (κ3) is 5.68. The van der Waals surface area contributed by atoms with Crippen molar-refractivity contribution in [1.29, 1.82) is 0 Å². The van der Waals surface area contributed by atoms with Crippen LogP contribution in [0.3, 0.4) is 0 Å². The largest absolute Gasteiger partial charge is 0.491 e. The summed E-state index contributed by atoms with van der Waals surface area (Å²) in [5.74, 6) is 2.12. The van der Waals surface area contributed by atoms with Gasteiger partial charge in [-0.15, -0.1) is 0 Å². The number of aryl methyl sites for hydroxylation is 1. The SMILES string of the molecule is CCCCc1ncc(CN2CCC[C@@H](C(=O)c3cccc(OC(C)C)c3)C2)[nH]1. The number of carbonyl (C=O) groups is 1. The summed E-state index contributed by atoms with van der Waals surface area (Å²) in [6.45, 7) is 8.85. The molecule has 3 rings (SSSR count). The molecule has 5 nitrogen and oxygen atoms in total. The highest BCUT2D eigenvalue weighted by molar-refractivity contribution is 5.98. The number of aromatic nitrogens is 2. The number of rotatable bonds is 9. The molecule has 152 valence electrons. The Morgan fingerprint density at radius 2 is 2.25 bits per heavy atom. The average Bonchev–Trinajstić information content (AvgIpc) is 3.13. The van der Waals surface area contributed by atoms with E-state index in [4.69, 9.17) is 4.74 Å². The van der Waals surface area contributed by atoms with Crippen LogP contribution in [0.2, 0.25) is 0 Å². The minimum absolute atomic E-state index is 0.0468. The van der Waals surface area contributed by atoms with Gasteiger partial charge in [-0.1, -0.05) is 25.5 Å². The molecule has 1 aromatic carbocycles. The first kappa shape index (κ1) is 20.6. The van der Waals surface area contributed by atoms with E-state index < -0.39 is 0 Å². The maximum absolute atomic E-state index is 13.1. The van der Waals surface area contributed by atoms with E-state index in [0.717, 1.165) is 68.1 Å². The second-order valence-corrected chi connectivity index (χ2v) is 8.09. The van der Waals surface area contributed by atoms with Gasteiger partial charge in [-0.2, -0.15) is 0 Å². The number of ketones is 1. The second-order valence-electron chi connectivity index (χ2n) is 8.09. The Balaban J connectivity index is 1.59. The predicted molar refractivity (Wildman–Crippen MR) is 112 cm³/mol. The molecule has 1 aliphatic heterocycles. The van der Waals surface area contributed by atoms with Gasteiger partial charge in [-0.05, 0) is 51.8 Å². The minimum Gasteiger partial charge on any atom is -0.491 e. The number of likely N-dealkylation sites (tertiary alicyclic amines) is 1. The Labute approximate surface area is 168 Å². The van der Waals surface area contributed by atoms with E-state index in [9.17, 15) is 4.79 Å². The zero-order valence-electron chi connectivity index (χ0n) is 17.4. The van der Waals surface area contributed by atoms with Crippen molar-refractivity contribution in [2.45, 2.75) is 65.5 Å². The van der Waals surface area contributed by atoms with Crippen molar-refractivity contribution in [2.24, 2.45) is 5.92 Å². The molecule has 0 bridgehead atoms. The number of nitrogens with zero attached hydrogens (tertiary/aromatic N) is 2. The van der Waals surface area contributed by atoms with Gasteiger partial charge < -0.3 is 9.72 Å². The molecule has 1 atom stereocenters. The zero-order valence-corrected chi connectivity index (χ0v) is 17.4. The molecule has 1 aliphatic rings. The zero-order chi connectivity index (χ0) is 19.9. The van der Waals surface area contributed by atoms with E-state index in [2.05, 4.69) is 21.8 Å². The van der Waals surface area contributed by atoms with Crippen LogP contribution in [-0.4, -0.2) is 39.8 Å². The highest BCUT2D eigenvalue weighted by Crippen LogP contribution is 2.24. The summed E-state index contributed by atoms with van der Waals surface area (Å²) in [6.07, 6.45) is 7.40. The Hall–Kier alpha value is -2.14. The molecule has 0 aliphatic carbocycles. The second kappa shape index (κ2) is 9.87. The normalized spacial score (nSPS) is 17.8. The number of hydrogen-bond donors (Lipinski definition) is 1. The quantitative estimate of drug-likeness (QED) is 0.641. The fourth-order valence-electron chi connectivity index (χ4n) is 3.84. The maximum atomic E-state index is 13.1. The Kier molecular flexibility index (Phi) is 7.26. The monoisotopic (exact) mass is 383 g/mol. The number of aromatic amines is 1. The third-order valence-corrected chi connectivity index (χ3v) is 5.21. The van der Waals surface area contributed by atoms with Crippen molar-refractivity contribution >= 4 is 5.78 Å². The Morgan fingerprint density at radius 1 is 1.39 bits per heavy atom. The number of nitrogens with one attached hydrogen (secondary N) is 1. The van der Waals surface area contributed by atoms with Crippen molar-refractivity contribution < 1.29 is 9.53 Å². The molecule has 1 aromatic heterocycles. The van der Waals surface area contributed by atoms with Crippen molar-refractivity contribution in [1.82, 2.24) is 14.9 Å². The Morgan fingerprint density at radius 3 is 3.04 bits per heavy atom. The molecule has 0 radical (unpaired) electrons. The molecular formula is C23H33N3O2. The van der Waals surface area contributed by atoms with Crippen LogP contribution in [0.5, 0.6) is 5.75 Å². The minimum atomic E-state index is 0.0468. The first-order chi connectivity index (χ1) is 13.5. The molecule has 28 heavy (non-hydrogen) atoms. The third-order valence-electron chi connectivity index (χ3n) is 5.21. The van der Waals surface area contributed by atoms with E-state index in [1.807, 2.05) is 44.3 Å². The molecule has 2 aromatic rings. The lowest BCUT2D eigenvalue weighted by atomic mass is 9.90. The smallest absolute Gasteiger partial charge is 0.167 e. The first-order valence-corrected chi connectivity index (χ1v) is 10.6. The summed E-state index contributed by atoms with van der Waals surface area (Å²) in [4.78, 5) is 23.4. The predicted octanol–water partition coefficient (Wildman–Crippen LogP) is 4.63. The van der Waals surface area contributed by atoms with Gasteiger partial charge in [0.2, 0.25) is 0 Å². The lowest BCUT2D eigenvalue weighted by Gasteiger charge is -2.31. The fourth-order valence-corrected chi connectivity index (χ4v) is 3.84. The molecule has 0 amide bonds. The average molecular weight is 384 g/mol. The number of piperidine rings is 1. The summed E-state index contributed by atoms with van der Waals surface area (Å²) in [6, 6.07) is 7.62. The summed E-state index contributed by atoms with van der Waals surface area (Å²) in [5, 5.41) is 0. The lowest BCUT2D eigenvalue weighted by Crippen LogP contribution is -2.38. The van der Waals surface area contributed by atoms with Crippen LogP contribution < -0.4 is 4.74 Å². The first-order valence-electron chi connectivity index (χ1n) is 10.6. The molecule has 0 spiro atoms. The number of Topliss-reactive ketones (excluding diaryl/α,β-unsaturated/α-hetero) is 1. The number of imidazole rings is 1. The molecule has 1 N–H and O–H groups in total. The van der Waals surface area contributed by atoms with Gasteiger partial charge in [-0.25, -0.2) is 4.98 Å². The van der Waals surface area contributed by atoms with Gasteiger partial charge in [0.15, 0.2) is 5.78 Å². The number of ether oxygens (including phenoxy) is 1. The van der Waals surface area contributed by atoms with Crippen molar-refractivity contribution in [3.05, 3.63) is 47.5 Å². The summed E-state index contributed by atoms with van der Waals surface area (Å²) >= 11 is 0. The van der Waals surface area contributed by atoms with E-state index in [-0.39, 0.29) is 17.8 Å². The van der Waals surface area contributed by atoms with Crippen LogP contribution in [0.15, 0.2) is 30.5 Å². The van der Waals surface area contributed by atoms with E-state index >= 15 is 0 Å².